The summed E-state index contributed by atoms with van der Waals surface area (Å²) in [6.45, 7) is 4.93. The highest BCUT2D eigenvalue weighted by Crippen LogP contribution is 2.30. The number of phenols is 1. The van der Waals surface area contributed by atoms with E-state index in [1.165, 1.54) is 17.5 Å². The fourth-order valence-corrected chi connectivity index (χ4v) is 5.05. The van der Waals surface area contributed by atoms with Crippen LogP contribution in [-0.2, 0) is 11.2 Å². The average molecular weight is 518 g/mol. The Labute approximate surface area is 218 Å². The highest BCUT2D eigenvalue weighted by molar-refractivity contribution is 7.17. The van der Waals surface area contributed by atoms with Gasteiger partial charge in [-0.15, -0.1) is 0 Å². The monoisotopic (exact) mass is 517 g/mol. The van der Waals surface area contributed by atoms with E-state index in [2.05, 4.69) is 25.7 Å². The van der Waals surface area contributed by atoms with Crippen molar-refractivity contribution in [1.82, 2.24) is 24.6 Å². The molecule has 5 rings (SSSR count). The molecule has 1 fully saturated rings. The van der Waals surface area contributed by atoms with Crippen LogP contribution in [0.4, 0.5) is 16.6 Å². The van der Waals surface area contributed by atoms with Crippen LogP contribution >= 0.6 is 11.3 Å². The van der Waals surface area contributed by atoms with Crippen molar-refractivity contribution in [2.24, 2.45) is 0 Å². The molecule has 0 aliphatic carbocycles. The van der Waals surface area contributed by atoms with Crippen LogP contribution in [0.5, 0.6) is 5.75 Å². The van der Waals surface area contributed by atoms with Crippen LogP contribution in [0.2, 0.25) is 0 Å². The van der Waals surface area contributed by atoms with Crippen molar-refractivity contribution >= 4 is 39.8 Å². The summed E-state index contributed by atoms with van der Waals surface area (Å²) in [5.41, 5.74) is 2.98. The zero-order chi connectivity index (χ0) is 25.9. The number of pyridine rings is 1. The predicted molar refractivity (Wildman–Crippen MR) is 141 cm³/mol. The Balaban J connectivity index is 1.18. The third kappa shape index (κ3) is 5.46. The number of nitrogens with zero attached hydrogens (tertiary/aromatic N) is 5. The number of likely N-dealkylation sites (tertiary alicyclic amines) is 1. The second kappa shape index (κ2) is 10.4. The summed E-state index contributed by atoms with van der Waals surface area (Å²) in [5.74, 6) is 0.535. The number of rotatable bonds is 7. The van der Waals surface area contributed by atoms with Gasteiger partial charge in [-0.3, -0.25) is 19.3 Å². The van der Waals surface area contributed by atoms with Gasteiger partial charge in [-0.1, -0.05) is 23.5 Å². The van der Waals surface area contributed by atoms with Crippen LogP contribution < -0.4 is 10.6 Å². The van der Waals surface area contributed by atoms with E-state index < -0.39 is 0 Å². The third-order valence-electron chi connectivity index (χ3n) is 6.42. The lowest BCUT2D eigenvalue weighted by molar-refractivity contribution is -0.129. The van der Waals surface area contributed by atoms with Gasteiger partial charge in [0, 0.05) is 43.3 Å². The lowest BCUT2D eigenvalue weighted by atomic mass is 10.1. The Hall–Kier alpha value is -4.25. The first-order valence-electron chi connectivity index (χ1n) is 11.9. The molecular weight excluding hydrogens is 490 g/mol. The number of hydrogen-bond acceptors (Lipinski definition) is 8. The molecule has 2 amide bonds. The number of aryl methyl sites for hydroxylation is 1. The smallest absolute Gasteiger partial charge is 0.267 e. The van der Waals surface area contributed by atoms with Crippen molar-refractivity contribution < 1.29 is 14.7 Å². The molecule has 190 valence electrons. The second-order valence-electron chi connectivity index (χ2n) is 9.01. The standard InChI is InChI=1S/C26H27N7O3S/c1-16-5-6-20(34)17(2)24(16)30-25(36)21-14-28-26(37-21)29-22-8-11-33(31-22)19-7-10-32(15-19)23(35)12-18-4-3-9-27-13-18/h3-6,8-9,11,13-14,19,34H,7,10,12,15H2,1-2H3,(H,30,36)(H,28,29,31)/t19-/m1/s1. The molecule has 1 aromatic carbocycles. The number of carbonyl (C=O) groups is 2. The number of benzene rings is 1. The lowest BCUT2D eigenvalue weighted by Crippen LogP contribution is -2.30. The number of carbonyl (C=O) groups excluding carboxylic acids is 2. The zero-order valence-corrected chi connectivity index (χ0v) is 21.3. The first-order valence-corrected chi connectivity index (χ1v) is 12.7. The van der Waals surface area contributed by atoms with E-state index in [1.54, 1.807) is 31.5 Å². The molecule has 11 heteroatoms. The number of aromatic hydroxyl groups is 1. The van der Waals surface area contributed by atoms with Crippen molar-refractivity contribution in [2.75, 3.05) is 23.7 Å². The molecule has 37 heavy (non-hydrogen) atoms. The summed E-state index contributed by atoms with van der Waals surface area (Å²) in [6, 6.07) is 9.06. The SMILES string of the molecule is Cc1ccc(O)c(C)c1NC(=O)c1cnc(Nc2ccn([C@@H]3CCN(C(=O)Cc4cccnc4)C3)n2)s1. The number of nitrogens with one attached hydrogen (secondary N) is 2. The Morgan fingerprint density at radius 1 is 1.19 bits per heavy atom. The lowest BCUT2D eigenvalue weighted by Gasteiger charge is -2.16. The molecule has 0 unspecified atom stereocenters. The normalized spacial score (nSPS) is 15.1. The zero-order valence-electron chi connectivity index (χ0n) is 20.5. The van der Waals surface area contributed by atoms with Gasteiger partial charge in [0.1, 0.15) is 10.6 Å². The maximum atomic E-state index is 12.8. The molecule has 0 spiro atoms. The van der Waals surface area contributed by atoms with E-state index >= 15 is 0 Å². The fraction of sp³-hybridized carbons (Fsp3) is 0.269. The fourth-order valence-electron chi connectivity index (χ4n) is 4.33. The molecule has 1 aliphatic rings. The van der Waals surface area contributed by atoms with Crippen molar-refractivity contribution in [3.8, 4) is 5.75 Å². The summed E-state index contributed by atoms with van der Waals surface area (Å²) in [6.07, 6.45) is 7.99. The summed E-state index contributed by atoms with van der Waals surface area (Å²) >= 11 is 1.21. The first kappa shape index (κ1) is 24.4. The second-order valence-corrected chi connectivity index (χ2v) is 10.0. The Morgan fingerprint density at radius 3 is 2.86 bits per heavy atom. The van der Waals surface area contributed by atoms with E-state index in [0.717, 1.165) is 17.5 Å². The number of aromatic nitrogens is 4. The van der Waals surface area contributed by atoms with Gasteiger partial charge in [-0.25, -0.2) is 4.98 Å². The molecule has 3 aromatic heterocycles. The maximum absolute atomic E-state index is 12.8. The maximum Gasteiger partial charge on any atom is 0.267 e. The van der Waals surface area contributed by atoms with Crippen LogP contribution in [0, 0.1) is 13.8 Å². The van der Waals surface area contributed by atoms with Crippen molar-refractivity contribution in [3.05, 3.63) is 76.7 Å². The molecule has 10 nitrogen and oxygen atoms in total. The molecule has 0 bridgehead atoms. The molecule has 4 aromatic rings. The van der Waals surface area contributed by atoms with Crippen LogP contribution in [0.25, 0.3) is 0 Å². The number of phenolic OH excluding ortho intramolecular Hbond substituents is 1. The molecule has 1 saturated heterocycles. The summed E-state index contributed by atoms with van der Waals surface area (Å²) < 4.78 is 1.87. The minimum absolute atomic E-state index is 0.0886. The average Bonchev–Trinajstić information content (AvgIpc) is 3.66. The largest absolute Gasteiger partial charge is 0.508 e. The predicted octanol–water partition coefficient (Wildman–Crippen LogP) is 4.07. The number of anilines is 3. The van der Waals surface area contributed by atoms with Gasteiger partial charge in [0.2, 0.25) is 5.91 Å². The van der Waals surface area contributed by atoms with Crippen molar-refractivity contribution in [3.63, 3.8) is 0 Å². The summed E-state index contributed by atoms with van der Waals surface area (Å²) in [5, 5.41) is 21.1. The highest BCUT2D eigenvalue weighted by Gasteiger charge is 2.28. The van der Waals surface area contributed by atoms with Gasteiger partial charge < -0.3 is 20.6 Å². The van der Waals surface area contributed by atoms with Gasteiger partial charge in [0.25, 0.3) is 5.91 Å². The number of thiazole rings is 1. The first-order chi connectivity index (χ1) is 17.9. The highest BCUT2D eigenvalue weighted by atomic mass is 32.1. The van der Waals surface area contributed by atoms with E-state index in [0.29, 0.717) is 46.6 Å². The molecule has 0 saturated carbocycles. The number of hydrogen-bond donors (Lipinski definition) is 3. The van der Waals surface area contributed by atoms with E-state index in [1.807, 2.05) is 40.9 Å². The molecule has 3 N–H and O–H groups in total. The third-order valence-corrected chi connectivity index (χ3v) is 7.34. The molecule has 0 radical (unpaired) electrons. The Kier molecular flexibility index (Phi) is 6.87. The van der Waals surface area contributed by atoms with E-state index in [9.17, 15) is 14.7 Å². The van der Waals surface area contributed by atoms with Crippen LogP contribution in [0.15, 0.2) is 55.1 Å². The van der Waals surface area contributed by atoms with Crippen molar-refractivity contribution in [2.45, 2.75) is 32.7 Å². The summed E-state index contributed by atoms with van der Waals surface area (Å²) in [7, 11) is 0. The molecule has 4 heterocycles. The quantitative estimate of drug-likeness (QED) is 0.337. The van der Waals surface area contributed by atoms with Gasteiger partial charge in [-0.05, 0) is 43.5 Å². The van der Waals surface area contributed by atoms with Crippen LogP contribution in [0.3, 0.4) is 0 Å². The van der Waals surface area contributed by atoms with E-state index in [-0.39, 0.29) is 23.6 Å². The van der Waals surface area contributed by atoms with Gasteiger partial charge in [-0.2, -0.15) is 5.10 Å². The topological polar surface area (TPSA) is 125 Å². The molecular formula is C26H27N7O3S. The van der Waals surface area contributed by atoms with Gasteiger partial charge in [0.05, 0.1) is 24.3 Å². The number of amides is 2. The minimum atomic E-state index is -0.296. The molecule has 1 aliphatic heterocycles. The minimum Gasteiger partial charge on any atom is -0.508 e. The van der Waals surface area contributed by atoms with Crippen LogP contribution in [0.1, 0.15) is 38.8 Å². The summed E-state index contributed by atoms with van der Waals surface area (Å²) in [4.78, 5) is 36.1. The van der Waals surface area contributed by atoms with Crippen molar-refractivity contribution in [1.29, 1.82) is 0 Å². The molecule has 1 atom stereocenters. The van der Waals surface area contributed by atoms with Gasteiger partial charge >= 0.3 is 0 Å². The Morgan fingerprint density at radius 2 is 2.05 bits per heavy atom. The Bertz CT molecular complexity index is 1430. The van der Waals surface area contributed by atoms with E-state index in [4.69, 9.17) is 0 Å². The van der Waals surface area contributed by atoms with Crippen LogP contribution in [-0.4, -0.2) is 54.7 Å². The van der Waals surface area contributed by atoms with Gasteiger partial charge in [0.15, 0.2) is 10.9 Å².